The highest BCUT2D eigenvalue weighted by atomic mass is 19.2. The zero-order valence-electron chi connectivity index (χ0n) is 14.6. The molecule has 0 spiro atoms. The van der Waals surface area contributed by atoms with Crippen LogP contribution in [-0.4, -0.2) is 17.4 Å². The van der Waals surface area contributed by atoms with Crippen LogP contribution in [-0.2, 0) is 6.42 Å². The summed E-state index contributed by atoms with van der Waals surface area (Å²) in [5, 5.41) is 5.83. The SMILES string of the molecule is O=C(Nc1ccc(NCCCc2ccccc2)cn1)c1ccc(F)c(F)c1. The number of anilines is 2. The summed E-state index contributed by atoms with van der Waals surface area (Å²) >= 11 is 0. The number of pyridine rings is 1. The van der Waals surface area contributed by atoms with Crippen LogP contribution >= 0.6 is 0 Å². The van der Waals surface area contributed by atoms with E-state index in [1.807, 2.05) is 18.2 Å². The van der Waals surface area contributed by atoms with Gasteiger partial charge in [-0.15, -0.1) is 0 Å². The molecule has 0 unspecified atom stereocenters. The maximum absolute atomic E-state index is 13.2. The van der Waals surface area contributed by atoms with E-state index in [4.69, 9.17) is 0 Å². The molecule has 0 radical (unpaired) electrons. The largest absolute Gasteiger partial charge is 0.384 e. The Kier molecular flexibility index (Phi) is 6.10. The van der Waals surface area contributed by atoms with E-state index in [9.17, 15) is 13.6 Å². The summed E-state index contributed by atoms with van der Waals surface area (Å²) in [5.41, 5.74) is 2.17. The van der Waals surface area contributed by atoms with Crippen LogP contribution in [0.1, 0.15) is 22.3 Å². The Morgan fingerprint density at radius 2 is 1.78 bits per heavy atom. The van der Waals surface area contributed by atoms with Gasteiger partial charge in [0.15, 0.2) is 11.6 Å². The smallest absolute Gasteiger partial charge is 0.256 e. The van der Waals surface area contributed by atoms with E-state index in [1.54, 1.807) is 18.3 Å². The van der Waals surface area contributed by atoms with E-state index < -0.39 is 17.5 Å². The van der Waals surface area contributed by atoms with Gasteiger partial charge in [-0.25, -0.2) is 13.8 Å². The molecular weight excluding hydrogens is 348 g/mol. The van der Waals surface area contributed by atoms with Crippen molar-refractivity contribution >= 4 is 17.4 Å². The molecule has 1 aromatic heterocycles. The van der Waals surface area contributed by atoms with Crippen molar-refractivity contribution in [1.82, 2.24) is 4.98 Å². The lowest BCUT2D eigenvalue weighted by atomic mass is 10.1. The number of nitrogens with zero attached hydrogens (tertiary/aromatic N) is 1. The summed E-state index contributed by atoms with van der Waals surface area (Å²) in [5.74, 6) is -2.28. The van der Waals surface area contributed by atoms with E-state index in [-0.39, 0.29) is 5.56 Å². The fourth-order valence-corrected chi connectivity index (χ4v) is 2.57. The highest BCUT2D eigenvalue weighted by molar-refractivity contribution is 6.03. The van der Waals surface area contributed by atoms with Crippen LogP contribution in [0.15, 0.2) is 66.9 Å². The molecule has 138 valence electrons. The summed E-state index contributed by atoms with van der Waals surface area (Å²) in [6.07, 6.45) is 3.59. The third kappa shape index (κ3) is 5.34. The van der Waals surface area contributed by atoms with Gasteiger partial charge in [0, 0.05) is 12.1 Å². The Morgan fingerprint density at radius 1 is 0.963 bits per heavy atom. The number of aromatic nitrogens is 1. The fourth-order valence-electron chi connectivity index (χ4n) is 2.57. The minimum absolute atomic E-state index is 0.0267. The second-order valence-corrected chi connectivity index (χ2v) is 6.03. The Labute approximate surface area is 156 Å². The number of carbonyl (C=O) groups excluding carboxylic acids is 1. The van der Waals surface area contributed by atoms with E-state index in [0.717, 1.165) is 37.2 Å². The molecule has 27 heavy (non-hydrogen) atoms. The number of aryl methyl sites for hydroxylation is 1. The van der Waals surface area contributed by atoms with E-state index in [2.05, 4.69) is 27.8 Å². The molecule has 3 aromatic rings. The number of halogens is 2. The van der Waals surface area contributed by atoms with Gasteiger partial charge >= 0.3 is 0 Å². The van der Waals surface area contributed by atoms with Gasteiger partial charge in [0.2, 0.25) is 0 Å². The molecule has 1 heterocycles. The Morgan fingerprint density at radius 3 is 2.48 bits per heavy atom. The van der Waals surface area contributed by atoms with Crippen LogP contribution in [0.5, 0.6) is 0 Å². The number of hydrogen-bond donors (Lipinski definition) is 2. The molecule has 0 aliphatic heterocycles. The van der Waals surface area contributed by atoms with Gasteiger partial charge in [-0.1, -0.05) is 30.3 Å². The summed E-state index contributed by atoms with van der Waals surface area (Å²) in [4.78, 5) is 16.2. The monoisotopic (exact) mass is 367 g/mol. The molecule has 0 saturated heterocycles. The molecule has 0 aliphatic carbocycles. The molecule has 0 aliphatic rings. The number of rotatable bonds is 7. The van der Waals surface area contributed by atoms with Crippen LogP contribution in [0.25, 0.3) is 0 Å². The van der Waals surface area contributed by atoms with Crippen molar-refractivity contribution < 1.29 is 13.6 Å². The molecule has 3 rings (SSSR count). The van der Waals surface area contributed by atoms with Gasteiger partial charge in [-0.2, -0.15) is 0 Å². The van der Waals surface area contributed by atoms with E-state index >= 15 is 0 Å². The standard InChI is InChI=1S/C21H19F2N3O/c22-18-10-8-16(13-19(18)23)21(27)26-20-11-9-17(14-25-20)24-12-4-7-15-5-2-1-3-6-15/h1-3,5-6,8-11,13-14,24H,4,7,12H2,(H,25,26,27). The zero-order valence-corrected chi connectivity index (χ0v) is 14.6. The van der Waals surface area contributed by atoms with Gasteiger partial charge in [0.05, 0.1) is 11.9 Å². The first-order valence-electron chi connectivity index (χ1n) is 8.62. The van der Waals surface area contributed by atoms with Crippen LogP contribution in [0.2, 0.25) is 0 Å². The van der Waals surface area contributed by atoms with E-state index in [1.165, 1.54) is 11.6 Å². The van der Waals surface area contributed by atoms with Crippen LogP contribution in [0.4, 0.5) is 20.3 Å². The van der Waals surface area contributed by atoms with Gasteiger partial charge < -0.3 is 10.6 Å². The maximum atomic E-state index is 13.2. The van der Waals surface area contributed by atoms with Crippen molar-refractivity contribution in [2.24, 2.45) is 0 Å². The maximum Gasteiger partial charge on any atom is 0.256 e. The van der Waals surface area contributed by atoms with Crippen molar-refractivity contribution in [3.63, 3.8) is 0 Å². The third-order valence-electron chi connectivity index (χ3n) is 4.00. The molecule has 0 saturated carbocycles. The van der Waals surface area contributed by atoms with Crippen molar-refractivity contribution in [1.29, 1.82) is 0 Å². The topological polar surface area (TPSA) is 54.0 Å². The van der Waals surface area contributed by atoms with Crippen molar-refractivity contribution in [2.75, 3.05) is 17.2 Å². The second-order valence-electron chi connectivity index (χ2n) is 6.03. The number of nitrogens with one attached hydrogen (secondary N) is 2. The predicted octanol–water partition coefficient (Wildman–Crippen LogP) is 4.66. The normalized spacial score (nSPS) is 10.4. The summed E-state index contributed by atoms with van der Waals surface area (Å²) in [6.45, 7) is 0.803. The number of amides is 1. The third-order valence-corrected chi connectivity index (χ3v) is 4.00. The molecule has 6 heteroatoms. The lowest BCUT2D eigenvalue weighted by Gasteiger charge is -2.08. The van der Waals surface area contributed by atoms with Crippen molar-refractivity contribution in [3.05, 3.63) is 89.6 Å². The first-order valence-corrected chi connectivity index (χ1v) is 8.62. The lowest BCUT2D eigenvalue weighted by Crippen LogP contribution is -2.13. The predicted molar refractivity (Wildman–Crippen MR) is 102 cm³/mol. The fraction of sp³-hybridized carbons (Fsp3) is 0.143. The molecule has 4 nitrogen and oxygen atoms in total. The summed E-state index contributed by atoms with van der Waals surface area (Å²) in [7, 11) is 0. The second kappa shape index (κ2) is 8.89. The highest BCUT2D eigenvalue weighted by Gasteiger charge is 2.10. The minimum atomic E-state index is -1.06. The first kappa shape index (κ1) is 18.5. The Bertz CT molecular complexity index is 899. The summed E-state index contributed by atoms with van der Waals surface area (Å²) in [6, 6.07) is 16.7. The zero-order chi connectivity index (χ0) is 19.1. The number of benzene rings is 2. The van der Waals surface area contributed by atoms with Crippen LogP contribution in [0, 0.1) is 11.6 Å². The molecule has 0 bridgehead atoms. The Hall–Kier alpha value is -3.28. The molecule has 2 aromatic carbocycles. The van der Waals surface area contributed by atoms with Crippen molar-refractivity contribution in [3.8, 4) is 0 Å². The van der Waals surface area contributed by atoms with Gasteiger partial charge in [0.1, 0.15) is 5.82 Å². The van der Waals surface area contributed by atoms with Crippen molar-refractivity contribution in [2.45, 2.75) is 12.8 Å². The molecule has 1 amide bonds. The molecular formula is C21H19F2N3O. The average Bonchev–Trinajstić information content (AvgIpc) is 2.69. The number of hydrogen-bond acceptors (Lipinski definition) is 3. The van der Waals surface area contributed by atoms with Gasteiger partial charge in [0.25, 0.3) is 5.91 Å². The van der Waals surface area contributed by atoms with Crippen LogP contribution in [0.3, 0.4) is 0 Å². The quantitative estimate of drug-likeness (QED) is 0.598. The summed E-state index contributed by atoms with van der Waals surface area (Å²) < 4.78 is 26.1. The first-order chi connectivity index (χ1) is 13.1. The lowest BCUT2D eigenvalue weighted by molar-refractivity contribution is 0.102. The average molecular weight is 367 g/mol. The molecule has 0 atom stereocenters. The molecule has 2 N–H and O–H groups in total. The van der Waals surface area contributed by atoms with Gasteiger partial charge in [-0.3, -0.25) is 4.79 Å². The van der Waals surface area contributed by atoms with Gasteiger partial charge in [-0.05, 0) is 48.7 Å². The minimum Gasteiger partial charge on any atom is -0.384 e. The number of carbonyl (C=O) groups is 1. The van der Waals surface area contributed by atoms with E-state index in [0.29, 0.717) is 5.82 Å². The highest BCUT2D eigenvalue weighted by Crippen LogP contribution is 2.13. The molecule has 0 fully saturated rings. The van der Waals surface area contributed by atoms with Crippen LogP contribution < -0.4 is 10.6 Å². The Balaban J connectivity index is 1.48.